The number of rotatable bonds is 8. The molecule has 0 aliphatic heterocycles. The van der Waals surface area contributed by atoms with Crippen LogP contribution in [0.4, 0.5) is 4.79 Å². The van der Waals surface area contributed by atoms with Crippen molar-refractivity contribution in [3.8, 4) is 5.75 Å². The molecule has 120 valence electrons. The molecule has 0 saturated heterocycles. The highest BCUT2D eigenvalue weighted by Gasteiger charge is 2.14. The molecule has 6 heteroatoms. The smallest absolute Gasteiger partial charge is 0.407 e. The molecule has 0 aromatic heterocycles. The van der Waals surface area contributed by atoms with Crippen LogP contribution in [0.1, 0.15) is 18.4 Å². The second kappa shape index (κ2) is 9.44. The van der Waals surface area contributed by atoms with Gasteiger partial charge in [0.25, 0.3) is 0 Å². The molecule has 1 atom stereocenters. The third kappa shape index (κ3) is 6.30. The average Bonchev–Trinajstić information content (AvgIpc) is 2.52. The molecule has 22 heavy (non-hydrogen) atoms. The summed E-state index contributed by atoms with van der Waals surface area (Å²) in [5, 5.41) is 5.44. The van der Waals surface area contributed by atoms with Gasteiger partial charge >= 0.3 is 6.09 Å². The minimum Gasteiger partial charge on any atom is -0.497 e. The summed E-state index contributed by atoms with van der Waals surface area (Å²) in [6.07, 6.45) is 0.979. The first kappa shape index (κ1) is 17.6. The molecule has 0 aliphatic carbocycles. The molecule has 0 saturated carbocycles. The Bertz CT molecular complexity index is 517. The molecule has 6 nitrogen and oxygen atoms in total. The van der Waals surface area contributed by atoms with E-state index >= 15 is 0 Å². The molecule has 0 heterocycles. The van der Waals surface area contributed by atoms with Gasteiger partial charge in [-0.15, -0.1) is 0 Å². The Kier molecular flexibility index (Phi) is 7.53. The van der Waals surface area contributed by atoms with Crippen molar-refractivity contribution in [1.82, 2.24) is 10.6 Å². The normalized spacial score (nSPS) is 11.2. The fraction of sp³-hybridized carbons (Fsp3) is 0.375. The molecule has 0 fully saturated rings. The van der Waals surface area contributed by atoms with Gasteiger partial charge in [0, 0.05) is 25.9 Å². The summed E-state index contributed by atoms with van der Waals surface area (Å²) in [6, 6.07) is 7.50. The SMILES string of the molecule is C=CCOC(=O)NC[C@@H](CNC(C)=O)c1cccc(OC)c1. The van der Waals surface area contributed by atoms with Crippen molar-refractivity contribution in [2.75, 3.05) is 26.8 Å². The second-order valence-corrected chi connectivity index (χ2v) is 4.68. The Morgan fingerprint density at radius 2 is 2.05 bits per heavy atom. The number of nitrogens with one attached hydrogen (secondary N) is 2. The Balaban J connectivity index is 2.71. The highest BCUT2D eigenvalue weighted by Crippen LogP contribution is 2.20. The van der Waals surface area contributed by atoms with Crippen LogP contribution in [0, 0.1) is 0 Å². The summed E-state index contributed by atoms with van der Waals surface area (Å²) in [5.74, 6) is 0.511. The first-order valence-corrected chi connectivity index (χ1v) is 6.96. The number of hydrogen-bond acceptors (Lipinski definition) is 4. The lowest BCUT2D eigenvalue weighted by Gasteiger charge is -2.19. The Labute approximate surface area is 130 Å². The monoisotopic (exact) mass is 306 g/mol. The fourth-order valence-electron chi connectivity index (χ4n) is 1.86. The summed E-state index contributed by atoms with van der Waals surface area (Å²) < 4.78 is 10.1. The number of methoxy groups -OCH3 is 1. The van der Waals surface area contributed by atoms with Crippen LogP contribution in [-0.2, 0) is 9.53 Å². The van der Waals surface area contributed by atoms with E-state index in [0.29, 0.717) is 13.1 Å². The van der Waals surface area contributed by atoms with Crippen LogP contribution in [-0.4, -0.2) is 38.8 Å². The molecule has 1 aromatic carbocycles. The van der Waals surface area contributed by atoms with Gasteiger partial charge in [-0.3, -0.25) is 4.79 Å². The fourth-order valence-corrected chi connectivity index (χ4v) is 1.86. The molecule has 2 amide bonds. The van der Waals surface area contributed by atoms with Gasteiger partial charge in [-0.25, -0.2) is 4.79 Å². The van der Waals surface area contributed by atoms with Crippen LogP contribution < -0.4 is 15.4 Å². The standard InChI is InChI=1S/C16H22N2O4/c1-4-8-22-16(20)18-11-14(10-17-12(2)19)13-6-5-7-15(9-13)21-3/h4-7,9,14H,1,8,10-11H2,2-3H3,(H,17,19)(H,18,20)/t14-/m1/s1. The number of amides is 2. The zero-order valence-electron chi connectivity index (χ0n) is 12.9. The Hall–Kier alpha value is -2.50. The van der Waals surface area contributed by atoms with Gasteiger partial charge in [0.05, 0.1) is 7.11 Å². The number of alkyl carbamates (subject to hydrolysis) is 1. The molecule has 0 unspecified atom stereocenters. The highest BCUT2D eigenvalue weighted by molar-refractivity contribution is 5.73. The first-order chi connectivity index (χ1) is 10.6. The molecule has 0 bridgehead atoms. The zero-order chi connectivity index (χ0) is 16.4. The molecule has 0 aliphatic rings. The van der Waals surface area contributed by atoms with Crippen molar-refractivity contribution in [1.29, 1.82) is 0 Å². The number of hydrogen-bond donors (Lipinski definition) is 2. The van der Waals surface area contributed by atoms with Gasteiger partial charge in [-0.2, -0.15) is 0 Å². The maximum Gasteiger partial charge on any atom is 0.407 e. The molecular formula is C16H22N2O4. The summed E-state index contributed by atoms with van der Waals surface area (Å²) in [7, 11) is 1.59. The van der Waals surface area contributed by atoms with Gasteiger partial charge < -0.3 is 20.1 Å². The van der Waals surface area contributed by atoms with Crippen molar-refractivity contribution < 1.29 is 19.1 Å². The van der Waals surface area contributed by atoms with Crippen LogP contribution in [0.5, 0.6) is 5.75 Å². The van der Waals surface area contributed by atoms with Crippen LogP contribution in [0.2, 0.25) is 0 Å². The molecule has 2 N–H and O–H groups in total. The van der Waals surface area contributed by atoms with Crippen LogP contribution >= 0.6 is 0 Å². The lowest BCUT2D eigenvalue weighted by atomic mass is 9.98. The lowest BCUT2D eigenvalue weighted by molar-refractivity contribution is -0.119. The van der Waals surface area contributed by atoms with Crippen molar-refractivity contribution >= 4 is 12.0 Å². The van der Waals surface area contributed by atoms with Crippen LogP contribution in [0.25, 0.3) is 0 Å². The predicted molar refractivity (Wildman–Crippen MR) is 84.0 cm³/mol. The molecule has 0 radical (unpaired) electrons. The van der Waals surface area contributed by atoms with E-state index in [1.165, 1.54) is 13.0 Å². The van der Waals surface area contributed by atoms with Gasteiger partial charge in [0.2, 0.25) is 5.91 Å². The number of carbonyl (C=O) groups is 2. The summed E-state index contributed by atoms with van der Waals surface area (Å²) >= 11 is 0. The average molecular weight is 306 g/mol. The largest absolute Gasteiger partial charge is 0.497 e. The second-order valence-electron chi connectivity index (χ2n) is 4.68. The van der Waals surface area contributed by atoms with E-state index in [4.69, 9.17) is 9.47 Å². The van der Waals surface area contributed by atoms with Crippen LogP contribution in [0.15, 0.2) is 36.9 Å². The molecule has 1 rings (SSSR count). The van der Waals surface area contributed by atoms with E-state index in [9.17, 15) is 9.59 Å². The summed E-state index contributed by atoms with van der Waals surface area (Å²) in [6.45, 7) is 5.83. The predicted octanol–water partition coefficient (Wildman–Crippen LogP) is 1.83. The van der Waals surface area contributed by atoms with E-state index in [1.807, 2.05) is 24.3 Å². The highest BCUT2D eigenvalue weighted by atomic mass is 16.5. The van der Waals surface area contributed by atoms with E-state index < -0.39 is 6.09 Å². The van der Waals surface area contributed by atoms with Crippen LogP contribution in [0.3, 0.4) is 0 Å². The van der Waals surface area contributed by atoms with Crippen molar-refractivity contribution in [3.63, 3.8) is 0 Å². The maximum atomic E-state index is 11.5. The zero-order valence-corrected chi connectivity index (χ0v) is 12.9. The van der Waals surface area contributed by atoms with E-state index in [1.54, 1.807) is 7.11 Å². The van der Waals surface area contributed by atoms with E-state index in [2.05, 4.69) is 17.2 Å². The first-order valence-electron chi connectivity index (χ1n) is 6.96. The van der Waals surface area contributed by atoms with Gasteiger partial charge in [0.15, 0.2) is 0 Å². The summed E-state index contributed by atoms with van der Waals surface area (Å²) in [5.41, 5.74) is 0.956. The Morgan fingerprint density at radius 1 is 1.32 bits per heavy atom. The molecular weight excluding hydrogens is 284 g/mol. The number of ether oxygens (including phenoxy) is 2. The third-order valence-electron chi connectivity index (χ3n) is 2.99. The quantitative estimate of drug-likeness (QED) is 0.718. The Morgan fingerprint density at radius 3 is 2.68 bits per heavy atom. The maximum absolute atomic E-state index is 11.5. The van der Waals surface area contributed by atoms with E-state index in [-0.39, 0.29) is 18.4 Å². The van der Waals surface area contributed by atoms with Gasteiger partial charge in [-0.05, 0) is 17.7 Å². The number of benzene rings is 1. The van der Waals surface area contributed by atoms with Crippen molar-refractivity contribution in [2.45, 2.75) is 12.8 Å². The third-order valence-corrected chi connectivity index (χ3v) is 2.99. The van der Waals surface area contributed by atoms with Crippen molar-refractivity contribution in [3.05, 3.63) is 42.5 Å². The van der Waals surface area contributed by atoms with E-state index in [0.717, 1.165) is 11.3 Å². The number of carbonyl (C=O) groups excluding carboxylic acids is 2. The summed E-state index contributed by atoms with van der Waals surface area (Å²) in [4.78, 5) is 22.6. The lowest BCUT2D eigenvalue weighted by Crippen LogP contribution is -2.35. The van der Waals surface area contributed by atoms with Gasteiger partial charge in [0.1, 0.15) is 12.4 Å². The van der Waals surface area contributed by atoms with Crippen molar-refractivity contribution in [2.24, 2.45) is 0 Å². The molecule has 0 spiro atoms. The topological polar surface area (TPSA) is 76.7 Å². The van der Waals surface area contributed by atoms with Gasteiger partial charge in [-0.1, -0.05) is 24.8 Å². The minimum atomic E-state index is -0.518. The minimum absolute atomic E-state index is 0.0877. The molecule has 1 aromatic rings.